The number of benzene rings is 1. The highest BCUT2D eigenvalue weighted by Gasteiger charge is 2.35. The molecule has 0 radical (unpaired) electrons. The molecule has 4 heterocycles. The lowest BCUT2D eigenvalue weighted by atomic mass is 10.1. The van der Waals surface area contributed by atoms with Crippen LogP contribution in [0.5, 0.6) is 0 Å². The lowest BCUT2D eigenvalue weighted by molar-refractivity contribution is -0.117. The molecule has 168 valence electrons. The van der Waals surface area contributed by atoms with E-state index in [9.17, 15) is 13.2 Å². The fourth-order valence-electron chi connectivity index (χ4n) is 4.19. The Morgan fingerprint density at radius 2 is 1.88 bits per heavy atom. The van der Waals surface area contributed by atoms with Crippen molar-refractivity contribution in [2.75, 3.05) is 24.5 Å². The third-order valence-electron chi connectivity index (χ3n) is 5.88. The molecular formula is C21H24N6O4S. The molecule has 1 amide bonds. The lowest BCUT2D eigenvalue weighted by Gasteiger charge is -2.24. The minimum absolute atomic E-state index is 0.0168. The smallest absolute Gasteiger partial charge is 0.262 e. The quantitative estimate of drug-likeness (QED) is 0.557. The second kappa shape index (κ2) is 8.47. The van der Waals surface area contributed by atoms with Crippen LogP contribution in [0.1, 0.15) is 43.3 Å². The summed E-state index contributed by atoms with van der Waals surface area (Å²) in [7, 11) is -3.59. The Hall–Kier alpha value is -3.05. The number of imidazole rings is 1. The molecule has 2 fully saturated rings. The first-order valence-electron chi connectivity index (χ1n) is 10.7. The molecule has 0 saturated carbocycles. The van der Waals surface area contributed by atoms with Crippen LogP contribution in [0.15, 0.2) is 52.4 Å². The third-order valence-corrected chi connectivity index (χ3v) is 7.66. The second-order valence-electron chi connectivity index (χ2n) is 8.14. The van der Waals surface area contributed by atoms with E-state index in [2.05, 4.69) is 15.1 Å². The molecule has 2 aliphatic heterocycles. The number of para-hydroxylation sites is 1. The van der Waals surface area contributed by atoms with Crippen LogP contribution in [0.4, 0.5) is 5.69 Å². The van der Waals surface area contributed by atoms with Gasteiger partial charge in [-0.3, -0.25) is 4.79 Å². The van der Waals surface area contributed by atoms with Crippen LogP contribution in [0.2, 0.25) is 0 Å². The molecule has 0 unspecified atom stereocenters. The van der Waals surface area contributed by atoms with Crippen LogP contribution in [-0.2, 0) is 21.4 Å². The number of hydrogen-bond acceptors (Lipinski definition) is 7. The van der Waals surface area contributed by atoms with Gasteiger partial charge in [0.15, 0.2) is 10.9 Å². The van der Waals surface area contributed by atoms with Gasteiger partial charge in [-0.1, -0.05) is 29.8 Å². The summed E-state index contributed by atoms with van der Waals surface area (Å²) in [6, 6.07) is 9.49. The molecular weight excluding hydrogens is 432 g/mol. The molecule has 5 rings (SSSR count). The number of anilines is 1. The predicted molar refractivity (Wildman–Crippen MR) is 114 cm³/mol. The van der Waals surface area contributed by atoms with E-state index >= 15 is 0 Å². The van der Waals surface area contributed by atoms with Crippen molar-refractivity contribution in [1.29, 1.82) is 0 Å². The zero-order chi connectivity index (χ0) is 22.1. The van der Waals surface area contributed by atoms with Crippen molar-refractivity contribution in [1.82, 2.24) is 24.0 Å². The van der Waals surface area contributed by atoms with Crippen molar-refractivity contribution in [3.63, 3.8) is 0 Å². The molecule has 11 heteroatoms. The van der Waals surface area contributed by atoms with Gasteiger partial charge in [0, 0.05) is 37.9 Å². The van der Waals surface area contributed by atoms with Crippen molar-refractivity contribution in [2.45, 2.75) is 43.2 Å². The van der Waals surface area contributed by atoms with Crippen LogP contribution in [0, 0.1) is 0 Å². The van der Waals surface area contributed by atoms with Crippen molar-refractivity contribution < 1.29 is 17.7 Å². The average Bonchev–Trinajstić information content (AvgIpc) is 3.56. The number of aromatic nitrogens is 4. The summed E-state index contributed by atoms with van der Waals surface area (Å²) in [6.07, 6.45) is 6.06. The van der Waals surface area contributed by atoms with Crippen molar-refractivity contribution >= 4 is 21.6 Å². The number of carbonyl (C=O) groups is 1. The number of carbonyl (C=O) groups excluding carboxylic acids is 1. The molecule has 0 N–H and O–H groups in total. The SMILES string of the molecule is O=C1C[C@@H](c2nc(Cn3cnc(S(=O)(=O)N4CCCCC4)c3)no2)CN1c1ccccc1. The maximum absolute atomic E-state index is 12.8. The number of hydrogen-bond donors (Lipinski definition) is 0. The van der Waals surface area contributed by atoms with E-state index in [1.165, 1.54) is 16.8 Å². The zero-order valence-electron chi connectivity index (χ0n) is 17.5. The van der Waals surface area contributed by atoms with Crippen LogP contribution < -0.4 is 4.90 Å². The van der Waals surface area contributed by atoms with Gasteiger partial charge in [-0.2, -0.15) is 9.29 Å². The van der Waals surface area contributed by atoms with Crippen molar-refractivity contribution in [3.05, 3.63) is 54.6 Å². The first-order chi connectivity index (χ1) is 15.5. The molecule has 2 aliphatic rings. The van der Waals surface area contributed by atoms with Gasteiger partial charge in [0.05, 0.1) is 18.8 Å². The summed E-state index contributed by atoms with van der Waals surface area (Å²) in [4.78, 5) is 22.7. The van der Waals surface area contributed by atoms with E-state index in [-0.39, 0.29) is 23.4 Å². The van der Waals surface area contributed by atoms with E-state index in [0.29, 0.717) is 37.8 Å². The van der Waals surface area contributed by atoms with E-state index in [0.717, 1.165) is 24.9 Å². The fourth-order valence-corrected chi connectivity index (χ4v) is 5.64. The molecule has 10 nitrogen and oxygen atoms in total. The van der Waals surface area contributed by atoms with Gasteiger partial charge < -0.3 is 14.0 Å². The fraction of sp³-hybridized carbons (Fsp3) is 0.429. The second-order valence-corrected chi connectivity index (χ2v) is 10.0. The summed E-state index contributed by atoms with van der Waals surface area (Å²) >= 11 is 0. The topological polar surface area (TPSA) is 114 Å². The summed E-state index contributed by atoms with van der Waals surface area (Å²) in [5.41, 5.74) is 0.848. The van der Waals surface area contributed by atoms with Crippen LogP contribution in [0.3, 0.4) is 0 Å². The molecule has 0 bridgehead atoms. The number of amides is 1. The molecule has 0 aliphatic carbocycles. The molecule has 2 saturated heterocycles. The highest BCUT2D eigenvalue weighted by molar-refractivity contribution is 7.89. The highest BCUT2D eigenvalue weighted by atomic mass is 32.2. The zero-order valence-corrected chi connectivity index (χ0v) is 18.3. The Balaban J connectivity index is 1.26. The number of rotatable bonds is 6. The first-order valence-corrected chi connectivity index (χ1v) is 12.1. The molecule has 1 atom stereocenters. The van der Waals surface area contributed by atoms with E-state index < -0.39 is 10.0 Å². The number of piperidine rings is 1. The minimum Gasteiger partial charge on any atom is -0.339 e. The van der Waals surface area contributed by atoms with Gasteiger partial charge in [-0.25, -0.2) is 13.4 Å². The van der Waals surface area contributed by atoms with Gasteiger partial charge in [0.25, 0.3) is 10.0 Å². The Morgan fingerprint density at radius 3 is 2.66 bits per heavy atom. The maximum atomic E-state index is 12.8. The predicted octanol–water partition coefficient (Wildman–Crippen LogP) is 2.01. The molecule has 0 spiro atoms. The Morgan fingerprint density at radius 1 is 1.09 bits per heavy atom. The number of sulfonamides is 1. The minimum atomic E-state index is -3.59. The Bertz CT molecular complexity index is 1200. The molecule has 2 aromatic heterocycles. The van der Waals surface area contributed by atoms with Gasteiger partial charge in [-0.05, 0) is 25.0 Å². The van der Waals surface area contributed by atoms with Crippen molar-refractivity contribution in [3.8, 4) is 0 Å². The average molecular weight is 457 g/mol. The van der Waals surface area contributed by atoms with E-state index in [4.69, 9.17) is 4.52 Å². The van der Waals surface area contributed by atoms with Crippen LogP contribution in [-0.4, -0.2) is 58.0 Å². The van der Waals surface area contributed by atoms with E-state index in [1.807, 2.05) is 30.3 Å². The summed E-state index contributed by atoms with van der Waals surface area (Å²) in [6.45, 7) is 1.77. The van der Waals surface area contributed by atoms with Gasteiger partial charge in [0.1, 0.15) is 0 Å². The van der Waals surface area contributed by atoms with Crippen LogP contribution in [0.25, 0.3) is 0 Å². The third kappa shape index (κ3) is 4.05. The normalized spacial score (nSPS) is 20.2. The maximum Gasteiger partial charge on any atom is 0.262 e. The summed E-state index contributed by atoms with van der Waals surface area (Å²) in [5, 5.41) is 4.05. The van der Waals surface area contributed by atoms with Crippen molar-refractivity contribution in [2.24, 2.45) is 0 Å². The summed E-state index contributed by atoms with van der Waals surface area (Å²) in [5.74, 6) is 0.655. The molecule has 3 aromatic rings. The first kappa shape index (κ1) is 20.8. The largest absolute Gasteiger partial charge is 0.339 e. The summed E-state index contributed by atoms with van der Waals surface area (Å²) < 4.78 is 34.1. The molecule has 32 heavy (non-hydrogen) atoms. The van der Waals surface area contributed by atoms with Gasteiger partial charge in [-0.15, -0.1) is 0 Å². The van der Waals surface area contributed by atoms with E-state index in [1.54, 1.807) is 9.47 Å². The Kier molecular flexibility index (Phi) is 5.51. The monoisotopic (exact) mass is 456 g/mol. The number of nitrogens with zero attached hydrogens (tertiary/aromatic N) is 6. The van der Waals surface area contributed by atoms with Gasteiger partial charge >= 0.3 is 0 Å². The standard InChI is InChI=1S/C21H24N6O4S/c28-20-11-16(12-27(20)17-7-3-1-4-8-17)21-23-18(24-31-21)13-25-14-19(22-15-25)32(29,30)26-9-5-2-6-10-26/h1,3-4,7-8,14-16H,2,5-6,9-13H2/t16-/m1/s1. The van der Waals surface area contributed by atoms with Gasteiger partial charge in [0.2, 0.25) is 11.8 Å². The molecule has 1 aromatic carbocycles. The lowest BCUT2D eigenvalue weighted by Crippen LogP contribution is -2.35. The Labute approximate surface area is 185 Å². The highest BCUT2D eigenvalue weighted by Crippen LogP contribution is 2.31. The van der Waals surface area contributed by atoms with Crippen LogP contribution >= 0.6 is 0 Å².